The van der Waals surface area contributed by atoms with E-state index in [0.29, 0.717) is 12.5 Å². The number of ether oxygens (including phenoxy) is 2. The van der Waals surface area contributed by atoms with Gasteiger partial charge in [0.2, 0.25) is 0 Å². The molecule has 0 bridgehead atoms. The molecule has 1 aliphatic heterocycles. The summed E-state index contributed by atoms with van der Waals surface area (Å²) in [4.78, 5) is 0. The lowest BCUT2D eigenvalue weighted by molar-refractivity contribution is -0.274. The van der Waals surface area contributed by atoms with Crippen molar-refractivity contribution in [3.63, 3.8) is 0 Å². The van der Waals surface area contributed by atoms with Crippen LogP contribution in [-0.4, -0.2) is 26.1 Å². The van der Waals surface area contributed by atoms with Crippen molar-refractivity contribution in [1.29, 1.82) is 0 Å². The molecule has 6 heteroatoms. The molecule has 1 aliphatic rings. The Labute approximate surface area is 116 Å². The van der Waals surface area contributed by atoms with Crippen LogP contribution in [0.3, 0.4) is 0 Å². The highest BCUT2D eigenvalue weighted by Crippen LogP contribution is 2.22. The lowest BCUT2D eigenvalue weighted by Gasteiger charge is -2.22. The van der Waals surface area contributed by atoms with E-state index in [1.165, 1.54) is 12.1 Å². The highest BCUT2D eigenvalue weighted by atomic mass is 19.4. The number of nitrogens with one attached hydrogen (secondary N) is 1. The van der Waals surface area contributed by atoms with Gasteiger partial charge in [0.15, 0.2) is 0 Å². The molecule has 1 aromatic rings. The van der Waals surface area contributed by atoms with E-state index >= 15 is 0 Å². The third-order valence-electron chi connectivity index (χ3n) is 3.17. The predicted octanol–water partition coefficient (Wildman–Crippen LogP) is 3.10. The number of benzene rings is 1. The first-order valence-corrected chi connectivity index (χ1v) is 6.66. The van der Waals surface area contributed by atoms with Crippen molar-refractivity contribution in [2.75, 3.05) is 19.8 Å². The molecule has 1 saturated heterocycles. The summed E-state index contributed by atoms with van der Waals surface area (Å²) in [6.45, 7) is 3.12. The Hall–Kier alpha value is -1.27. The second-order valence-electron chi connectivity index (χ2n) is 4.91. The molecule has 2 rings (SSSR count). The zero-order valence-electron chi connectivity index (χ0n) is 11.1. The van der Waals surface area contributed by atoms with Crippen LogP contribution in [0.5, 0.6) is 5.75 Å². The summed E-state index contributed by atoms with van der Waals surface area (Å²) < 4.78 is 45.2. The molecule has 1 unspecified atom stereocenters. The van der Waals surface area contributed by atoms with E-state index in [2.05, 4.69) is 10.1 Å². The summed E-state index contributed by atoms with van der Waals surface area (Å²) in [5.41, 5.74) is 0.927. The van der Waals surface area contributed by atoms with Gasteiger partial charge in [-0.05, 0) is 36.5 Å². The van der Waals surface area contributed by atoms with E-state index in [1.54, 1.807) is 12.1 Å². The minimum absolute atomic E-state index is 0.193. The lowest BCUT2D eigenvalue weighted by atomic mass is 10.0. The molecule has 20 heavy (non-hydrogen) atoms. The minimum atomic E-state index is -4.64. The summed E-state index contributed by atoms with van der Waals surface area (Å²) in [7, 11) is 0. The van der Waals surface area contributed by atoms with Crippen LogP contribution in [0.15, 0.2) is 24.3 Å². The van der Waals surface area contributed by atoms with Crippen molar-refractivity contribution in [2.24, 2.45) is 5.92 Å². The Morgan fingerprint density at radius 2 is 2.00 bits per heavy atom. The van der Waals surface area contributed by atoms with Crippen molar-refractivity contribution in [1.82, 2.24) is 5.32 Å². The standard InChI is InChI=1S/C14H18F3NO2/c15-14(16,17)20-13-5-3-11(4-6-13)8-18-9-12-2-1-7-19-10-12/h3-6,12,18H,1-2,7-10H2. The molecule has 1 aromatic carbocycles. The summed E-state index contributed by atoms with van der Waals surface area (Å²) in [6.07, 6.45) is -2.39. The monoisotopic (exact) mass is 289 g/mol. The molecular formula is C14H18F3NO2. The lowest BCUT2D eigenvalue weighted by Crippen LogP contribution is -2.28. The zero-order chi connectivity index (χ0) is 14.4. The number of hydrogen-bond donors (Lipinski definition) is 1. The Morgan fingerprint density at radius 1 is 1.25 bits per heavy atom. The van der Waals surface area contributed by atoms with Crippen LogP contribution in [0.2, 0.25) is 0 Å². The third-order valence-corrected chi connectivity index (χ3v) is 3.17. The average molecular weight is 289 g/mol. The fraction of sp³-hybridized carbons (Fsp3) is 0.571. The van der Waals surface area contributed by atoms with Gasteiger partial charge >= 0.3 is 6.36 Å². The third kappa shape index (κ3) is 5.38. The first-order chi connectivity index (χ1) is 9.53. The smallest absolute Gasteiger partial charge is 0.406 e. The molecule has 1 atom stereocenters. The van der Waals surface area contributed by atoms with E-state index in [4.69, 9.17) is 4.74 Å². The number of halogens is 3. The van der Waals surface area contributed by atoms with Gasteiger partial charge in [-0.25, -0.2) is 0 Å². The van der Waals surface area contributed by atoms with E-state index in [1.807, 2.05) is 0 Å². The number of alkyl halides is 3. The Balaban J connectivity index is 1.73. The largest absolute Gasteiger partial charge is 0.573 e. The van der Waals surface area contributed by atoms with Gasteiger partial charge in [0.1, 0.15) is 5.75 Å². The van der Waals surface area contributed by atoms with Crippen molar-refractivity contribution in [3.05, 3.63) is 29.8 Å². The minimum Gasteiger partial charge on any atom is -0.406 e. The van der Waals surface area contributed by atoms with Crippen LogP contribution in [0, 0.1) is 5.92 Å². The first kappa shape index (κ1) is 15.1. The van der Waals surface area contributed by atoms with Crippen LogP contribution in [0.4, 0.5) is 13.2 Å². The molecule has 0 saturated carbocycles. The molecule has 0 spiro atoms. The summed E-state index contributed by atoms with van der Waals surface area (Å²) in [5.74, 6) is 0.332. The van der Waals surface area contributed by atoms with Crippen molar-refractivity contribution in [2.45, 2.75) is 25.7 Å². The molecule has 0 amide bonds. The maximum Gasteiger partial charge on any atom is 0.573 e. The van der Waals surface area contributed by atoms with Gasteiger partial charge in [0.25, 0.3) is 0 Å². The van der Waals surface area contributed by atoms with Crippen molar-refractivity contribution < 1.29 is 22.6 Å². The van der Waals surface area contributed by atoms with E-state index < -0.39 is 6.36 Å². The fourth-order valence-corrected chi connectivity index (χ4v) is 2.20. The second-order valence-corrected chi connectivity index (χ2v) is 4.91. The topological polar surface area (TPSA) is 30.5 Å². The summed E-state index contributed by atoms with van der Waals surface area (Å²) in [6, 6.07) is 5.92. The van der Waals surface area contributed by atoms with Crippen LogP contribution in [0.1, 0.15) is 18.4 Å². The molecule has 1 fully saturated rings. The van der Waals surface area contributed by atoms with Crippen molar-refractivity contribution in [3.8, 4) is 5.75 Å². The normalized spacial score (nSPS) is 19.9. The second kappa shape index (κ2) is 6.95. The number of rotatable bonds is 5. The Bertz CT molecular complexity index is 400. The van der Waals surface area contributed by atoms with Crippen molar-refractivity contribution >= 4 is 0 Å². The molecule has 0 aliphatic carbocycles. The quantitative estimate of drug-likeness (QED) is 0.903. The SMILES string of the molecule is FC(F)(F)Oc1ccc(CNCC2CCCOC2)cc1. The molecule has 3 nitrogen and oxygen atoms in total. The van der Waals surface area contributed by atoms with Crippen LogP contribution in [0.25, 0.3) is 0 Å². The summed E-state index contributed by atoms with van der Waals surface area (Å²) >= 11 is 0. The average Bonchev–Trinajstić information content (AvgIpc) is 2.40. The van der Waals surface area contributed by atoms with Gasteiger partial charge in [-0.2, -0.15) is 0 Å². The molecule has 0 radical (unpaired) electrons. The van der Waals surface area contributed by atoms with Gasteiger partial charge in [0.05, 0.1) is 6.61 Å². The van der Waals surface area contributed by atoms with Crippen LogP contribution < -0.4 is 10.1 Å². The van der Waals surface area contributed by atoms with E-state index in [9.17, 15) is 13.2 Å². The van der Waals surface area contributed by atoms with Gasteiger partial charge in [-0.3, -0.25) is 0 Å². The maximum atomic E-state index is 12.0. The maximum absolute atomic E-state index is 12.0. The van der Waals surface area contributed by atoms with Gasteiger partial charge in [-0.15, -0.1) is 13.2 Å². The Morgan fingerprint density at radius 3 is 2.60 bits per heavy atom. The molecule has 112 valence electrons. The molecular weight excluding hydrogens is 271 g/mol. The zero-order valence-corrected chi connectivity index (χ0v) is 11.1. The molecule has 1 heterocycles. The van der Waals surface area contributed by atoms with E-state index in [0.717, 1.165) is 38.2 Å². The number of hydrogen-bond acceptors (Lipinski definition) is 3. The van der Waals surface area contributed by atoms with Gasteiger partial charge < -0.3 is 14.8 Å². The fourth-order valence-electron chi connectivity index (χ4n) is 2.20. The van der Waals surface area contributed by atoms with Crippen LogP contribution >= 0.6 is 0 Å². The van der Waals surface area contributed by atoms with Gasteiger partial charge in [0, 0.05) is 19.7 Å². The Kier molecular flexibility index (Phi) is 5.25. The first-order valence-electron chi connectivity index (χ1n) is 6.66. The molecule has 0 aromatic heterocycles. The van der Waals surface area contributed by atoms with Crippen LogP contribution in [-0.2, 0) is 11.3 Å². The summed E-state index contributed by atoms with van der Waals surface area (Å²) in [5, 5.41) is 3.30. The molecule has 1 N–H and O–H groups in total. The highest BCUT2D eigenvalue weighted by molar-refractivity contribution is 5.27. The van der Waals surface area contributed by atoms with E-state index in [-0.39, 0.29) is 5.75 Å². The van der Waals surface area contributed by atoms with Gasteiger partial charge in [-0.1, -0.05) is 12.1 Å². The highest BCUT2D eigenvalue weighted by Gasteiger charge is 2.30. The predicted molar refractivity (Wildman–Crippen MR) is 68.4 cm³/mol.